The molecule has 1 atom stereocenters. The van der Waals surface area contributed by atoms with Gasteiger partial charge in [0, 0.05) is 11.8 Å². The molecule has 1 amide bonds. The van der Waals surface area contributed by atoms with Gasteiger partial charge in [0.1, 0.15) is 0 Å². The van der Waals surface area contributed by atoms with Gasteiger partial charge in [0.15, 0.2) is 23.1 Å². The predicted octanol–water partition coefficient (Wildman–Crippen LogP) is 3.32. The molecule has 0 saturated carbocycles. The van der Waals surface area contributed by atoms with E-state index in [4.69, 9.17) is 9.47 Å². The van der Waals surface area contributed by atoms with Crippen molar-refractivity contribution in [2.24, 2.45) is 0 Å². The van der Waals surface area contributed by atoms with Gasteiger partial charge in [-0.3, -0.25) is 4.79 Å². The summed E-state index contributed by atoms with van der Waals surface area (Å²) in [7, 11) is 1.52. The van der Waals surface area contributed by atoms with Gasteiger partial charge >= 0.3 is 0 Å². The van der Waals surface area contributed by atoms with Crippen molar-refractivity contribution in [1.82, 2.24) is 5.32 Å². The molecule has 0 aliphatic carbocycles. The Morgan fingerprint density at radius 1 is 1.21 bits per heavy atom. The third kappa shape index (κ3) is 3.65. The Balaban J connectivity index is 1.71. The second-order valence-corrected chi connectivity index (χ2v) is 5.54. The normalized spacial score (nSPS) is 16.7. The molecule has 1 aliphatic heterocycles. The maximum atomic E-state index is 14.3. The fourth-order valence-corrected chi connectivity index (χ4v) is 2.62. The zero-order valence-corrected chi connectivity index (χ0v) is 13.3. The minimum absolute atomic E-state index is 0.0662. The topological polar surface area (TPSA) is 59.6 Å². The van der Waals surface area contributed by atoms with Gasteiger partial charge in [-0.1, -0.05) is 12.1 Å². The van der Waals surface area contributed by atoms with Gasteiger partial charge in [-0.2, -0.15) is 0 Å². The average molecular weight is 330 g/mol. The lowest BCUT2D eigenvalue weighted by atomic mass is 10.2. The molecule has 126 valence electrons. The maximum absolute atomic E-state index is 14.3. The molecule has 5 nitrogen and oxygen atoms in total. The van der Waals surface area contributed by atoms with Crippen LogP contribution in [0.25, 0.3) is 0 Å². The number of ether oxygens (including phenoxy) is 2. The van der Waals surface area contributed by atoms with Crippen LogP contribution in [0, 0.1) is 5.82 Å². The van der Waals surface area contributed by atoms with E-state index in [1.54, 1.807) is 30.3 Å². The summed E-state index contributed by atoms with van der Waals surface area (Å²) >= 11 is 0. The number of para-hydroxylation sites is 2. The van der Waals surface area contributed by atoms with E-state index < -0.39 is 5.82 Å². The smallest absolute Gasteiger partial charge is 0.241 e. The number of methoxy groups -OCH3 is 1. The Kier molecular flexibility index (Phi) is 4.96. The molecule has 0 radical (unpaired) electrons. The molecule has 3 rings (SSSR count). The van der Waals surface area contributed by atoms with E-state index in [1.807, 2.05) is 0 Å². The van der Waals surface area contributed by atoms with Crippen molar-refractivity contribution in [3.63, 3.8) is 0 Å². The summed E-state index contributed by atoms with van der Waals surface area (Å²) < 4.78 is 25.0. The third-order valence-electron chi connectivity index (χ3n) is 3.87. The van der Waals surface area contributed by atoms with Crippen LogP contribution in [0.1, 0.15) is 12.8 Å². The quantitative estimate of drug-likeness (QED) is 0.883. The number of hydrogen-bond acceptors (Lipinski definition) is 4. The maximum Gasteiger partial charge on any atom is 0.241 e. The SMILES string of the molecule is COc1ccccc1Oc1ccc(NC(=O)C2CCCN2)cc1F. The van der Waals surface area contributed by atoms with Crippen LogP contribution in [0.3, 0.4) is 0 Å². The summed E-state index contributed by atoms with van der Waals surface area (Å²) in [4.78, 5) is 12.0. The third-order valence-corrected chi connectivity index (χ3v) is 3.87. The minimum atomic E-state index is -0.557. The molecule has 1 unspecified atom stereocenters. The molecule has 6 heteroatoms. The van der Waals surface area contributed by atoms with Crippen molar-refractivity contribution < 1.29 is 18.7 Å². The standard InChI is InChI=1S/C18H19FN2O3/c1-23-16-6-2-3-7-17(16)24-15-9-8-12(11-13(15)19)21-18(22)14-5-4-10-20-14/h2-3,6-9,11,14,20H,4-5,10H2,1H3,(H,21,22). The first-order chi connectivity index (χ1) is 11.7. The summed E-state index contributed by atoms with van der Waals surface area (Å²) in [5, 5.41) is 5.82. The predicted molar refractivity (Wildman–Crippen MR) is 89.1 cm³/mol. The zero-order chi connectivity index (χ0) is 16.9. The second kappa shape index (κ2) is 7.31. The molecule has 0 bridgehead atoms. The van der Waals surface area contributed by atoms with Crippen LogP contribution in [-0.4, -0.2) is 25.6 Å². The fraction of sp³-hybridized carbons (Fsp3) is 0.278. The summed E-state index contributed by atoms with van der Waals surface area (Å²) in [6.45, 7) is 0.831. The summed E-state index contributed by atoms with van der Waals surface area (Å²) in [6, 6.07) is 11.1. The number of benzene rings is 2. The number of carbonyl (C=O) groups excluding carboxylic acids is 1. The largest absolute Gasteiger partial charge is 0.493 e. The van der Waals surface area contributed by atoms with Gasteiger partial charge in [0.25, 0.3) is 0 Å². The van der Waals surface area contributed by atoms with Crippen molar-refractivity contribution in [3.8, 4) is 17.2 Å². The van der Waals surface area contributed by atoms with Crippen molar-refractivity contribution in [2.45, 2.75) is 18.9 Å². The summed E-state index contributed by atoms with van der Waals surface area (Å²) in [5.74, 6) is 0.298. The summed E-state index contributed by atoms with van der Waals surface area (Å²) in [5.41, 5.74) is 0.401. The van der Waals surface area contributed by atoms with Crippen LogP contribution in [-0.2, 0) is 4.79 Å². The van der Waals surface area contributed by atoms with E-state index in [0.29, 0.717) is 17.2 Å². The van der Waals surface area contributed by atoms with E-state index in [0.717, 1.165) is 19.4 Å². The van der Waals surface area contributed by atoms with Crippen LogP contribution >= 0.6 is 0 Å². The zero-order valence-electron chi connectivity index (χ0n) is 13.3. The van der Waals surface area contributed by atoms with E-state index in [9.17, 15) is 9.18 Å². The second-order valence-electron chi connectivity index (χ2n) is 5.54. The summed E-state index contributed by atoms with van der Waals surface area (Å²) in [6.07, 6.45) is 1.77. The molecule has 0 spiro atoms. The van der Waals surface area contributed by atoms with Crippen molar-refractivity contribution in [2.75, 3.05) is 19.0 Å². The van der Waals surface area contributed by atoms with Crippen LogP contribution < -0.4 is 20.1 Å². The lowest BCUT2D eigenvalue weighted by molar-refractivity contribution is -0.117. The lowest BCUT2D eigenvalue weighted by Gasteiger charge is -2.13. The Labute approximate surface area is 139 Å². The number of anilines is 1. The number of rotatable bonds is 5. The van der Waals surface area contributed by atoms with Crippen molar-refractivity contribution >= 4 is 11.6 Å². The molecule has 1 aliphatic rings. The number of nitrogens with one attached hydrogen (secondary N) is 2. The molecule has 1 saturated heterocycles. The van der Waals surface area contributed by atoms with Gasteiger partial charge in [-0.05, 0) is 43.7 Å². The molecular formula is C18H19FN2O3. The monoisotopic (exact) mass is 330 g/mol. The number of amides is 1. The van der Waals surface area contributed by atoms with Gasteiger partial charge in [0.2, 0.25) is 5.91 Å². The highest BCUT2D eigenvalue weighted by Crippen LogP contribution is 2.33. The first kappa shape index (κ1) is 16.3. The Bertz CT molecular complexity index is 730. The highest BCUT2D eigenvalue weighted by molar-refractivity contribution is 5.95. The first-order valence-corrected chi connectivity index (χ1v) is 7.82. The molecule has 2 aromatic rings. The molecule has 2 aromatic carbocycles. The molecule has 1 heterocycles. The van der Waals surface area contributed by atoms with Gasteiger partial charge in [-0.25, -0.2) is 4.39 Å². The highest BCUT2D eigenvalue weighted by atomic mass is 19.1. The van der Waals surface area contributed by atoms with E-state index in [2.05, 4.69) is 10.6 Å². The van der Waals surface area contributed by atoms with Crippen LogP contribution in [0.4, 0.5) is 10.1 Å². The number of hydrogen-bond donors (Lipinski definition) is 2. The minimum Gasteiger partial charge on any atom is -0.493 e. The lowest BCUT2D eigenvalue weighted by Crippen LogP contribution is -2.35. The molecule has 0 aromatic heterocycles. The van der Waals surface area contributed by atoms with E-state index in [-0.39, 0.29) is 17.7 Å². The van der Waals surface area contributed by atoms with Crippen LogP contribution in [0.15, 0.2) is 42.5 Å². The van der Waals surface area contributed by atoms with Crippen molar-refractivity contribution in [3.05, 3.63) is 48.3 Å². The fourth-order valence-electron chi connectivity index (χ4n) is 2.62. The Hall–Kier alpha value is -2.60. The van der Waals surface area contributed by atoms with Gasteiger partial charge < -0.3 is 20.1 Å². The Morgan fingerprint density at radius 3 is 2.67 bits per heavy atom. The molecule has 24 heavy (non-hydrogen) atoms. The number of halogens is 1. The van der Waals surface area contributed by atoms with Crippen molar-refractivity contribution in [1.29, 1.82) is 0 Å². The van der Waals surface area contributed by atoms with Gasteiger partial charge in [-0.15, -0.1) is 0 Å². The average Bonchev–Trinajstić information content (AvgIpc) is 3.12. The van der Waals surface area contributed by atoms with Crippen LogP contribution in [0.5, 0.6) is 17.2 Å². The Morgan fingerprint density at radius 2 is 2.00 bits per heavy atom. The highest BCUT2D eigenvalue weighted by Gasteiger charge is 2.22. The van der Waals surface area contributed by atoms with Crippen LogP contribution in [0.2, 0.25) is 0 Å². The van der Waals surface area contributed by atoms with E-state index >= 15 is 0 Å². The molecule has 2 N–H and O–H groups in total. The first-order valence-electron chi connectivity index (χ1n) is 7.82. The molecular weight excluding hydrogens is 311 g/mol. The van der Waals surface area contributed by atoms with Gasteiger partial charge in [0.05, 0.1) is 13.2 Å². The number of carbonyl (C=O) groups is 1. The van der Waals surface area contributed by atoms with E-state index in [1.165, 1.54) is 19.2 Å². The molecule has 1 fully saturated rings.